The minimum atomic E-state index is -0.810. The lowest BCUT2D eigenvalue weighted by Crippen LogP contribution is -2.52. The molecule has 1 amide bonds. The molecule has 0 heterocycles. The van der Waals surface area contributed by atoms with Crippen molar-refractivity contribution in [1.29, 1.82) is 0 Å². The van der Waals surface area contributed by atoms with Crippen molar-refractivity contribution in [3.8, 4) is 0 Å². The number of ether oxygens (including phenoxy) is 1. The zero-order valence-corrected chi connectivity index (χ0v) is 6.59. The molecule has 0 spiro atoms. The van der Waals surface area contributed by atoms with Gasteiger partial charge in [-0.3, -0.25) is 4.79 Å². The van der Waals surface area contributed by atoms with Crippen LogP contribution in [-0.4, -0.2) is 18.0 Å². The summed E-state index contributed by atoms with van der Waals surface area (Å²) in [5.74, 6) is 0.115. The minimum Gasteiger partial charge on any atom is -0.445 e. The van der Waals surface area contributed by atoms with Crippen LogP contribution in [0.25, 0.3) is 0 Å². The molecule has 1 aliphatic rings. The van der Waals surface area contributed by atoms with Crippen molar-refractivity contribution < 1.29 is 14.3 Å². The number of hydrogen-bond donors (Lipinski definition) is 1. The number of primary amides is 1. The highest BCUT2D eigenvalue weighted by Gasteiger charge is 2.49. The largest absolute Gasteiger partial charge is 0.445 e. The van der Waals surface area contributed by atoms with Gasteiger partial charge in [0.2, 0.25) is 0 Å². The summed E-state index contributed by atoms with van der Waals surface area (Å²) in [6.07, 6.45) is -0.835. The molecule has 11 heavy (non-hydrogen) atoms. The van der Waals surface area contributed by atoms with E-state index in [-0.39, 0.29) is 11.9 Å². The van der Waals surface area contributed by atoms with E-state index in [9.17, 15) is 9.59 Å². The molecule has 4 nitrogen and oxygen atoms in total. The van der Waals surface area contributed by atoms with Crippen molar-refractivity contribution in [3.63, 3.8) is 0 Å². The first-order chi connectivity index (χ1) is 4.94. The van der Waals surface area contributed by atoms with E-state index in [0.717, 1.165) is 0 Å². The Kier molecular flexibility index (Phi) is 1.62. The van der Waals surface area contributed by atoms with Gasteiger partial charge in [-0.1, -0.05) is 0 Å². The number of amides is 1. The number of rotatable bonds is 1. The minimum absolute atomic E-state index is 0.115. The summed E-state index contributed by atoms with van der Waals surface area (Å²) in [5.41, 5.74) is 4.26. The average Bonchev–Trinajstić information content (AvgIpc) is 1.87. The Balaban J connectivity index is 2.53. The van der Waals surface area contributed by atoms with Gasteiger partial charge < -0.3 is 10.5 Å². The van der Waals surface area contributed by atoms with Gasteiger partial charge in [-0.2, -0.15) is 0 Å². The van der Waals surface area contributed by atoms with Gasteiger partial charge in [-0.15, -0.1) is 0 Å². The van der Waals surface area contributed by atoms with Crippen LogP contribution in [0.2, 0.25) is 0 Å². The van der Waals surface area contributed by atoms with Crippen LogP contribution in [0.1, 0.15) is 20.3 Å². The summed E-state index contributed by atoms with van der Waals surface area (Å²) < 4.78 is 4.69. The van der Waals surface area contributed by atoms with Crippen LogP contribution in [0, 0.1) is 5.41 Å². The third kappa shape index (κ3) is 1.20. The number of nitrogens with two attached hydrogens (primary N) is 1. The van der Waals surface area contributed by atoms with Gasteiger partial charge in [0.25, 0.3) is 0 Å². The Morgan fingerprint density at radius 2 is 2.27 bits per heavy atom. The van der Waals surface area contributed by atoms with Gasteiger partial charge in [-0.05, 0) is 13.8 Å². The Morgan fingerprint density at radius 1 is 1.73 bits per heavy atom. The summed E-state index contributed by atoms with van der Waals surface area (Å²) in [6, 6.07) is 0. The lowest BCUT2D eigenvalue weighted by atomic mass is 9.68. The molecule has 0 aromatic carbocycles. The van der Waals surface area contributed by atoms with E-state index in [1.165, 1.54) is 0 Å². The molecule has 1 aliphatic carbocycles. The molecule has 1 saturated carbocycles. The highest BCUT2D eigenvalue weighted by molar-refractivity contribution is 5.92. The van der Waals surface area contributed by atoms with Crippen molar-refractivity contribution >= 4 is 11.9 Å². The maximum Gasteiger partial charge on any atom is 0.404 e. The monoisotopic (exact) mass is 157 g/mol. The molecule has 4 heteroatoms. The van der Waals surface area contributed by atoms with Gasteiger partial charge in [0.15, 0.2) is 0 Å². The summed E-state index contributed by atoms with van der Waals surface area (Å²) >= 11 is 0. The highest BCUT2D eigenvalue weighted by atomic mass is 16.6. The Bertz CT molecular complexity index is 210. The zero-order valence-electron chi connectivity index (χ0n) is 6.59. The van der Waals surface area contributed by atoms with E-state index >= 15 is 0 Å². The molecule has 0 radical (unpaired) electrons. The molecule has 0 bridgehead atoms. The van der Waals surface area contributed by atoms with Crippen molar-refractivity contribution in [2.45, 2.75) is 26.4 Å². The lowest BCUT2D eigenvalue weighted by Gasteiger charge is -2.40. The molecule has 1 atom stereocenters. The second-order valence-corrected chi connectivity index (χ2v) is 3.27. The van der Waals surface area contributed by atoms with E-state index in [4.69, 9.17) is 5.73 Å². The van der Waals surface area contributed by atoms with Gasteiger partial charge in [-0.25, -0.2) is 4.79 Å². The molecule has 1 fully saturated rings. The Hall–Kier alpha value is -1.06. The van der Waals surface area contributed by atoms with E-state index in [2.05, 4.69) is 4.74 Å². The van der Waals surface area contributed by atoms with Crippen LogP contribution in [0.5, 0.6) is 0 Å². The molecule has 62 valence electrons. The summed E-state index contributed by atoms with van der Waals surface area (Å²) in [4.78, 5) is 21.2. The van der Waals surface area contributed by atoms with Gasteiger partial charge in [0.1, 0.15) is 11.9 Å². The van der Waals surface area contributed by atoms with E-state index in [1.807, 2.05) is 0 Å². The Morgan fingerprint density at radius 3 is 2.55 bits per heavy atom. The third-order valence-corrected chi connectivity index (χ3v) is 2.15. The number of ketones is 1. The quantitative estimate of drug-likeness (QED) is 0.600. The van der Waals surface area contributed by atoms with Crippen LogP contribution in [0.15, 0.2) is 0 Å². The third-order valence-electron chi connectivity index (χ3n) is 2.15. The first kappa shape index (κ1) is 8.04. The second kappa shape index (κ2) is 2.22. The maximum absolute atomic E-state index is 10.9. The number of Topliss-reactive ketones (excluding diaryl/α,β-unsaturated/α-hetero) is 1. The smallest absolute Gasteiger partial charge is 0.404 e. The standard InChI is InChI=1S/C7H11NO3/c1-7(2)4(9)3-5(7)11-6(8)10/h5H,3H2,1-2H3,(H2,8,10). The predicted octanol–water partition coefficient (Wildman–Crippen LogP) is 0.449. The van der Waals surface area contributed by atoms with E-state index in [1.54, 1.807) is 13.8 Å². The van der Waals surface area contributed by atoms with Crippen LogP contribution < -0.4 is 5.73 Å². The van der Waals surface area contributed by atoms with Crippen LogP contribution in [0.3, 0.4) is 0 Å². The van der Waals surface area contributed by atoms with Crippen LogP contribution in [0.4, 0.5) is 4.79 Å². The number of carbonyl (C=O) groups excluding carboxylic acids is 2. The number of carbonyl (C=O) groups is 2. The van der Waals surface area contributed by atoms with Crippen molar-refractivity contribution in [2.75, 3.05) is 0 Å². The fourth-order valence-electron chi connectivity index (χ4n) is 1.06. The second-order valence-electron chi connectivity index (χ2n) is 3.27. The summed E-state index contributed by atoms with van der Waals surface area (Å²) in [6.45, 7) is 3.48. The van der Waals surface area contributed by atoms with E-state index in [0.29, 0.717) is 6.42 Å². The van der Waals surface area contributed by atoms with Gasteiger partial charge in [0, 0.05) is 6.42 Å². The lowest BCUT2D eigenvalue weighted by molar-refractivity contribution is -0.150. The maximum atomic E-state index is 10.9. The van der Waals surface area contributed by atoms with Crippen LogP contribution >= 0.6 is 0 Å². The fraction of sp³-hybridized carbons (Fsp3) is 0.714. The number of hydrogen-bond acceptors (Lipinski definition) is 3. The molecular formula is C7H11NO3. The van der Waals surface area contributed by atoms with Gasteiger partial charge in [0.05, 0.1) is 5.41 Å². The average molecular weight is 157 g/mol. The first-order valence-corrected chi connectivity index (χ1v) is 3.44. The highest BCUT2D eigenvalue weighted by Crippen LogP contribution is 2.38. The molecular weight excluding hydrogens is 146 g/mol. The molecule has 1 rings (SSSR count). The molecule has 1 unspecified atom stereocenters. The van der Waals surface area contributed by atoms with E-state index < -0.39 is 11.5 Å². The summed E-state index contributed by atoms with van der Waals surface area (Å²) in [7, 11) is 0. The van der Waals surface area contributed by atoms with Crippen LogP contribution in [-0.2, 0) is 9.53 Å². The normalized spacial score (nSPS) is 27.5. The SMILES string of the molecule is CC1(C)C(=O)CC1OC(N)=O. The molecule has 2 N–H and O–H groups in total. The van der Waals surface area contributed by atoms with Crippen molar-refractivity contribution in [1.82, 2.24) is 0 Å². The van der Waals surface area contributed by atoms with Crippen molar-refractivity contribution in [3.05, 3.63) is 0 Å². The zero-order chi connectivity index (χ0) is 8.65. The Labute approximate surface area is 64.7 Å². The molecule has 0 saturated heterocycles. The predicted molar refractivity (Wildman–Crippen MR) is 37.9 cm³/mol. The van der Waals surface area contributed by atoms with Gasteiger partial charge >= 0.3 is 6.09 Å². The topological polar surface area (TPSA) is 69.4 Å². The molecule has 0 aliphatic heterocycles. The molecule has 0 aromatic heterocycles. The van der Waals surface area contributed by atoms with Crippen molar-refractivity contribution in [2.24, 2.45) is 11.1 Å². The summed E-state index contributed by atoms with van der Waals surface area (Å²) in [5, 5.41) is 0. The first-order valence-electron chi connectivity index (χ1n) is 3.44. The molecule has 0 aromatic rings. The fourth-order valence-corrected chi connectivity index (χ4v) is 1.06.